The van der Waals surface area contributed by atoms with Gasteiger partial charge in [0.15, 0.2) is 0 Å². The molecule has 1 heterocycles. The molecule has 1 rings (SSSR count). The summed E-state index contributed by atoms with van der Waals surface area (Å²) in [5.41, 5.74) is 0.0105. The molecule has 1 aliphatic heterocycles. The van der Waals surface area contributed by atoms with Crippen molar-refractivity contribution in [1.82, 2.24) is 10.2 Å². The van der Waals surface area contributed by atoms with Crippen molar-refractivity contribution in [2.45, 2.75) is 52.1 Å². The minimum absolute atomic E-state index is 0.0105. The lowest BCUT2D eigenvalue weighted by atomic mass is 10.0. The Morgan fingerprint density at radius 1 is 1.47 bits per heavy atom. The van der Waals surface area contributed by atoms with Crippen molar-refractivity contribution in [1.29, 1.82) is 0 Å². The monoisotopic (exact) mass is 242 g/mol. The van der Waals surface area contributed by atoms with E-state index in [0.29, 0.717) is 13.2 Å². The Hall–Kier alpha value is -0.610. The summed E-state index contributed by atoms with van der Waals surface area (Å²) in [6, 6.07) is -0.138. The van der Waals surface area contributed by atoms with Gasteiger partial charge in [0.2, 0.25) is 0 Å². The van der Waals surface area contributed by atoms with Gasteiger partial charge in [-0.05, 0) is 27.2 Å². The van der Waals surface area contributed by atoms with E-state index in [0.717, 1.165) is 25.9 Å². The SMILES string of the molecule is CCCCOC(=O)C1CNCCN1C(C)(C)C. The third-order valence-electron chi connectivity index (χ3n) is 3.12. The van der Waals surface area contributed by atoms with E-state index in [9.17, 15) is 4.79 Å². The van der Waals surface area contributed by atoms with Gasteiger partial charge in [0, 0.05) is 25.2 Å². The Balaban J connectivity index is 2.55. The Bertz CT molecular complexity index is 248. The molecular formula is C13H26N2O2. The first-order valence-electron chi connectivity index (χ1n) is 6.61. The molecule has 0 bridgehead atoms. The number of nitrogens with zero attached hydrogens (tertiary/aromatic N) is 1. The van der Waals surface area contributed by atoms with Crippen LogP contribution in [0.5, 0.6) is 0 Å². The molecule has 4 nitrogen and oxygen atoms in total. The number of hydrogen-bond acceptors (Lipinski definition) is 4. The molecule has 0 aliphatic carbocycles. The van der Waals surface area contributed by atoms with Crippen LogP contribution in [0.25, 0.3) is 0 Å². The normalized spacial score (nSPS) is 22.5. The molecule has 100 valence electrons. The number of esters is 1. The van der Waals surface area contributed by atoms with Crippen LogP contribution in [0, 0.1) is 0 Å². The summed E-state index contributed by atoms with van der Waals surface area (Å²) in [7, 11) is 0. The van der Waals surface area contributed by atoms with Crippen LogP contribution in [-0.2, 0) is 9.53 Å². The molecule has 0 spiro atoms. The van der Waals surface area contributed by atoms with Crippen LogP contribution in [0.3, 0.4) is 0 Å². The first-order valence-corrected chi connectivity index (χ1v) is 6.61. The molecule has 17 heavy (non-hydrogen) atoms. The second-order valence-electron chi connectivity index (χ2n) is 5.61. The first kappa shape index (κ1) is 14.5. The molecule has 1 N–H and O–H groups in total. The molecule has 0 aromatic carbocycles. The highest BCUT2D eigenvalue weighted by Crippen LogP contribution is 2.19. The van der Waals surface area contributed by atoms with Crippen molar-refractivity contribution in [3.63, 3.8) is 0 Å². The Morgan fingerprint density at radius 2 is 2.18 bits per heavy atom. The standard InChI is InChI=1S/C13H26N2O2/c1-5-6-9-17-12(16)11-10-14-7-8-15(11)13(2,3)4/h11,14H,5-10H2,1-4H3. The fourth-order valence-electron chi connectivity index (χ4n) is 2.13. The summed E-state index contributed by atoms with van der Waals surface area (Å²) < 4.78 is 5.33. The number of carbonyl (C=O) groups excluding carboxylic acids is 1. The van der Waals surface area contributed by atoms with Gasteiger partial charge in [-0.2, -0.15) is 0 Å². The lowest BCUT2D eigenvalue weighted by Gasteiger charge is -2.43. The molecule has 0 amide bonds. The van der Waals surface area contributed by atoms with Crippen molar-refractivity contribution in [2.75, 3.05) is 26.2 Å². The maximum Gasteiger partial charge on any atom is 0.324 e. The largest absolute Gasteiger partial charge is 0.464 e. The predicted octanol–water partition coefficient (Wildman–Crippen LogP) is 1.40. The zero-order valence-corrected chi connectivity index (χ0v) is 11.6. The van der Waals surface area contributed by atoms with Gasteiger partial charge < -0.3 is 10.1 Å². The lowest BCUT2D eigenvalue weighted by Crippen LogP contribution is -2.61. The number of rotatable bonds is 4. The second kappa shape index (κ2) is 6.36. The summed E-state index contributed by atoms with van der Waals surface area (Å²) in [6.07, 6.45) is 2.00. The van der Waals surface area contributed by atoms with Crippen LogP contribution < -0.4 is 5.32 Å². The summed E-state index contributed by atoms with van der Waals surface area (Å²) in [4.78, 5) is 14.3. The Kier molecular flexibility index (Phi) is 5.40. The molecule has 0 saturated carbocycles. The quantitative estimate of drug-likeness (QED) is 0.598. The molecule has 4 heteroatoms. The molecule has 0 aromatic heterocycles. The van der Waals surface area contributed by atoms with Crippen molar-refractivity contribution < 1.29 is 9.53 Å². The van der Waals surface area contributed by atoms with Crippen LogP contribution in [0.1, 0.15) is 40.5 Å². The number of hydrogen-bond donors (Lipinski definition) is 1. The predicted molar refractivity (Wildman–Crippen MR) is 69.0 cm³/mol. The lowest BCUT2D eigenvalue weighted by molar-refractivity contribution is -0.153. The van der Waals surface area contributed by atoms with Gasteiger partial charge in [0.1, 0.15) is 6.04 Å². The number of nitrogens with one attached hydrogen (secondary N) is 1. The molecule has 0 radical (unpaired) electrons. The van der Waals surface area contributed by atoms with E-state index in [-0.39, 0.29) is 17.6 Å². The van der Waals surface area contributed by atoms with Gasteiger partial charge >= 0.3 is 5.97 Å². The molecule has 1 fully saturated rings. The number of ether oxygens (including phenoxy) is 1. The maximum absolute atomic E-state index is 12.0. The van der Waals surface area contributed by atoms with Crippen LogP contribution in [0.15, 0.2) is 0 Å². The summed E-state index contributed by atoms with van der Waals surface area (Å²) >= 11 is 0. The van der Waals surface area contributed by atoms with Gasteiger partial charge in [0.25, 0.3) is 0 Å². The number of unbranched alkanes of at least 4 members (excludes halogenated alkanes) is 1. The van der Waals surface area contributed by atoms with Crippen molar-refractivity contribution in [3.05, 3.63) is 0 Å². The summed E-state index contributed by atoms with van der Waals surface area (Å²) in [5.74, 6) is -0.0828. The van der Waals surface area contributed by atoms with Crippen LogP contribution in [0.2, 0.25) is 0 Å². The van der Waals surface area contributed by atoms with Gasteiger partial charge in [-0.15, -0.1) is 0 Å². The van der Waals surface area contributed by atoms with Gasteiger partial charge in [0.05, 0.1) is 6.61 Å². The third-order valence-corrected chi connectivity index (χ3v) is 3.12. The fourth-order valence-corrected chi connectivity index (χ4v) is 2.13. The summed E-state index contributed by atoms with van der Waals surface area (Å²) in [5, 5.41) is 3.27. The Morgan fingerprint density at radius 3 is 2.76 bits per heavy atom. The highest BCUT2D eigenvalue weighted by molar-refractivity contribution is 5.76. The molecule has 1 atom stereocenters. The molecule has 0 aromatic rings. The fraction of sp³-hybridized carbons (Fsp3) is 0.923. The maximum atomic E-state index is 12.0. The smallest absolute Gasteiger partial charge is 0.324 e. The molecule has 1 unspecified atom stereocenters. The van der Waals surface area contributed by atoms with Crippen LogP contribution >= 0.6 is 0 Å². The van der Waals surface area contributed by atoms with E-state index in [4.69, 9.17) is 4.74 Å². The topological polar surface area (TPSA) is 41.6 Å². The van der Waals surface area contributed by atoms with Crippen LogP contribution in [-0.4, -0.2) is 48.7 Å². The first-order chi connectivity index (χ1) is 7.96. The van der Waals surface area contributed by atoms with E-state index in [1.165, 1.54) is 0 Å². The molecule has 1 aliphatic rings. The van der Waals surface area contributed by atoms with Gasteiger partial charge in [-0.3, -0.25) is 9.69 Å². The second-order valence-corrected chi connectivity index (χ2v) is 5.61. The average Bonchev–Trinajstić information content (AvgIpc) is 2.28. The van der Waals surface area contributed by atoms with E-state index >= 15 is 0 Å². The molecule has 1 saturated heterocycles. The minimum atomic E-state index is -0.138. The summed E-state index contributed by atoms with van der Waals surface area (Å²) in [6.45, 7) is 11.6. The highest BCUT2D eigenvalue weighted by Gasteiger charge is 2.36. The van der Waals surface area contributed by atoms with Crippen LogP contribution in [0.4, 0.5) is 0 Å². The highest BCUT2D eigenvalue weighted by atomic mass is 16.5. The minimum Gasteiger partial charge on any atom is -0.464 e. The van der Waals surface area contributed by atoms with Crippen molar-refractivity contribution in [2.24, 2.45) is 0 Å². The number of piperazine rings is 1. The van der Waals surface area contributed by atoms with Crippen molar-refractivity contribution in [3.8, 4) is 0 Å². The van der Waals surface area contributed by atoms with Gasteiger partial charge in [-0.1, -0.05) is 13.3 Å². The average molecular weight is 242 g/mol. The van der Waals surface area contributed by atoms with Crippen molar-refractivity contribution >= 4 is 5.97 Å². The van der Waals surface area contributed by atoms with E-state index < -0.39 is 0 Å². The van der Waals surface area contributed by atoms with E-state index in [1.54, 1.807) is 0 Å². The van der Waals surface area contributed by atoms with E-state index in [1.807, 2.05) is 0 Å². The van der Waals surface area contributed by atoms with Gasteiger partial charge in [-0.25, -0.2) is 0 Å². The third kappa shape index (κ3) is 4.28. The number of carbonyl (C=O) groups is 1. The Labute approximate surface area is 105 Å². The zero-order valence-electron chi connectivity index (χ0n) is 11.6. The molecular weight excluding hydrogens is 216 g/mol. The van der Waals surface area contributed by atoms with E-state index in [2.05, 4.69) is 37.9 Å². The zero-order chi connectivity index (χ0) is 12.9.